The Labute approximate surface area is 94.8 Å². The molecule has 0 N–H and O–H groups in total. The van der Waals surface area contributed by atoms with E-state index in [1.54, 1.807) is 5.57 Å². The summed E-state index contributed by atoms with van der Waals surface area (Å²) in [6, 6.07) is 0. The van der Waals surface area contributed by atoms with E-state index in [9.17, 15) is 0 Å². The molecule has 0 nitrogen and oxygen atoms in total. The molecule has 0 aromatic rings. The summed E-state index contributed by atoms with van der Waals surface area (Å²) in [7, 11) is 0. The number of hydrogen-bond acceptors (Lipinski definition) is 0. The maximum Gasteiger partial charge on any atom is -0.0257 e. The zero-order valence-corrected chi connectivity index (χ0v) is 10.5. The Morgan fingerprint density at radius 3 is 2.47 bits per heavy atom. The highest BCUT2D eigenvalue weighted by molar-refractivity contribution is 5.20. The third kappa shape index (κ3) is 4.51. The highest BCUT2D eigenvalue weighted by atomic mass is 14.1. The summed E-state index contributed by atoms with van der Waals surface area (Å²) in [4.78, 5) is 0. The summed E-state index contributed by atoms with van der Waals surface area (Å²) < 4.78 is 0. The lowest BCUT2D eigenvalue weighted by molar-refractivity contribution is 0.686. The fourth-order valence-electron chi connectivity index (χ4n) is 1.96. The smallest absolute Gasteiger partial charge is 0.0257 e. The third-order valence-electron chi connectivity index (χ3n) is 3.19. The van der Waals surface area contributed by atoms with E-state index in [1.807, 2.05) is 0 Å². The molecule has 1 rings (SSSR count). The number of hydrogen-bond donors (Lipinski definition) is 0. The second-order valence-electron chi connectivity index (χ2n) is 5.01. The summed E-state index contributed by atoms with van der Waals surface area (Å²) in [5, 5.41) is 0. The topological polar surface area (TPSA) is 0 Å². The molecule has 0 spiro atoms. The van der Waals surface area contributed by atoms with Crippen molar-refractivity contribution in [1.29, 1.82) is 0 Å². The fraction of sp³-hybridized carbons (Fsp3) is 0.600. The summed E-state index contributed by atoms with van der Waals surface area (Å²) in [5.41, 5.74) is 4.50. The van der Waals surface area contributed by atoms with E-state index in [4.69, 9.17) is 0 Å². The minimum atomic E-state index is 0.668. The van der Waals surface area contributed by atoms with Crippen molar-refractivity contribution in [3.05, 3.63) is 35.5 Å². The minimum Gasteiger partial charge on any atom is -0.0999 e. The molecule has 0 unspecified atom stereocenters. The SMILES string of the molecule is C=C1CCC/C(C)=C/C=C(/C(C)C)CC1. The molecule has 0 aromatic heterocycles. The average molecular weight is 204 g/mol. The Morgan fingerprint density at radius 1 is 1.07 bits per heavy atom. The van der Waals surface area contributed by atoms with Gasteiger partial charge in [0, 0.05) is 0 Å². The van der Waals surface area contributed by atoms with Crippen molar-refractivity contribution < 1.29 is 0 Å². The van der Waals surface area contributed by atoms with Gasteiger partial charge < -0.3 is 0 Å². The summed E-state index contributed by atoms with van der Waals surface area (Å²) >= 11 is 0. The highest BCUT2D eigenvalue weighted by Crippen LogP contribution is 2.23. The van der Waals surface area contributed by atoms with E-state index in [-0.39, 0.29) is 0 Å². The van der Waals surface area contributed by atoms with Crippen molar-refractivity contribution in [3.63, 3.8) is 0 Å². The van der Waals surface area contributed by atoms with Crippen molar-refractivity contribution in [1.82, 2.24) is 0 Å². The van der Waals surface area contributed by atoms with Gasteiger partial charge in [-0.1, -0.05) is 49.3 Å². The van der Waals surface area contributed by atoms with Crippen LogP contribution in [0.1, 0.15) is 52.9 Å². The van der Waals surface area contributed by atoms with Gasteiger partial charge in [-0.3, -0.25) is 0 Å². The Kier molecular flexibility index (Phi) is 4.87. The van der Waals surface area contributed by atoms with Crippen LogP contribution in [0, 0.1) is 5.92 Å². The van der Waals surface area contributed by atoms with Gasteiger partial charge in [0.2, 0.25) is 0 Å². The van der Waals surface area contributed by atoms with Crippen LogP contribution in [-0.2, 0) is 0 Å². The summed E-state index contributed by atoms with van der Waals surface area (Å²) in [6.07, 6.45) is 10.7. The quantitative estimate of drug-likeness (QED) is 0.525. The van der Waals surface area contributed by atoms with Crippen LogP contribution in [0.5, 0.6) is 0 Å². The first-order valence-electron chi connectivity index (χ1n) is 6.12. The van der Waals surface area contributed by atoms with Crippen LogP contribution in [0.2, 0.25) is 0 Å². The summed E-state index contributed by atoms with van der Waals surface area (Å²) in [5.74, 6) is 0.668. The van der Waals surface area contributed by atoms with Crippen LogP contribution < -0.4 is 0 Å². The second-order valence-corrected chi connectivity index (χ2v) is 5.01. The molecule has 15 heavy (non-hydrogen) atoms. The third-order valence-corrected chi connectivity index (χ3v) is 3.19. The van der Waals surface area contributed by atoms with E-state index in [0.717, 1.165) is 0 Å². The minimum absolute atomic E-state index is 0.668. The van der Waals surface area contributed by atoms with Crippen LogP contribution >= 0.6 is 0 Å². The lowest BCUT2D eigenvalue weighted by Gasteiger charge is -2.14. The molecular formula is C15H24. The van der Waals surface area contributed by atoms with Crippen molar-refractivity contribution in [2.75, 3.05) is 0 Å². The zero-order valence-electron chi connectivity index (χ0n) is 10.5. The first kappa shape index (κ1) is 12.3. The molecule has 0 radical (unpaired) electrons. The highest BCUT2D eigenvalue weighted by Gasteiger charge is 2.05. The van der Waals surface area contributed by atoms with E-state index < -0.39 is 0 Å². The van der Waals surface area contributed by atoms with Crippen LogP contribution in [-0.4, -0.2) is 0 Å². The largest absolute Gasteiger partial charge is 0.0999 e. The monoisotopic (exact) mass is 204 g/mol. The second kappa shape index (κ2) is 5.95. The predicted octanol–water partition coefficient (Wildman–Crippen LogP) is 5.04. The molecule has 0 saturated heterocycles. The van der Waals surface area contributed by atoms with Crippen LogP contribution in [0.3, 0.4) is 0 Å². The molecule has 0 aliphatic heterocycles. The number of rotatable bonds is 1. The Hall–Kier alpha value is -0.780. The van der Waals surface area contributed by atoms with Gasteiger partial charge in [-0.2, -0.15) is 0 Å². The Balaban J connectivity index is 2.78. The predicted molar refractivity (Wildman–Crippen MR) is 68.9 cm³/mol. The standard InChI is InChI=1S/C15H24/c1-12(2)15-10-8-13(3)6-5-7-14(4)9-11-15/h9,11-12H,3,5-8,10H2,1-2,4H3/b14-9+,15-11+. The van der Waals surface area contributed by atoms with Crippen molar-refractivity contribution in [2.45, 2.75) is 52.9 Å². The Morgan fingerprint density at radius 2 is 1.80 bits per heavy atom. The maximum atomic E-state index is 4.16. The van der Waals surface area contributed by atoms with Gasteiger partial charge in [0.15, 0.2) is 0 Å². The number of allylic oxidation sites excluding steroid dienone is 5. The first-order valence-corrected chi connectivity index (χ1v) is 6.12. The van der Waals surface area contributed by atoms with E-state index >= 15 is 0 Å². The zero-order chi connectivity index (χ0) is 11.3. The van der Waals surface area contributed by atoms with E-state index in [2.05, 4.69) is 39.5 Å². The molecule has 0 heterocycles. The van der Waals surface area contributed by atoms with Gasteiger partial charge in [0.05, 0.1) is 0 Å². The van der Waals surface area contributed by atoms with E-state index in [0.29, 0.717) is 5.92 Å². The molecule has 0 bridgehead atoms. The molecule has 0 aromatic carbocycles. The van der Waals surface area contributed by atoms with Crippen LogP contribution in [0.25, 0.3) is 0 Å². The normalized spacial score (nSPS) is 26.8. The van der Waals surface area contributed by atoms with Crippen LogP contribution in [0.4, 0.5) is 0 Å². The van der Waals surface area contributed by atoms with Gasteiger partial charge in [0.1, 0.15) is 0 Å². The van der Waals surface area contributed by atoms with Crippen molar-refractivity contribution in [2.24, 2.45) is 5.92 Å². The molecule has 0 fully saturated rings. The molecule has 0 heteroatoms. The summed E-state index contributed by atoms with van der Waals surface area (Å²) in [6.45, 7) is 11.0. The lowest BCUT2D eigenvalue weighted by Crippen LogP contribution is -1.97. The van der Waals surface area contributed by atoms with Gasteiger partial charge in [-0.25, -0.2) is 0 Å². The molecule has 84 valence electrons. The van der Waals surface area contributed by atoms with Gasteiger partial charge in [-0.05, 0) is 44.9 Å². The van der Waals surface area contributed by atoms with Gasteiger partial charge in [0.25, 0.3) is 0 Å². The van der Waals surface area contributed by atoms with Crippen LogP contribution in [0.15, 0.2) is 35.5 Å². The molecule has 0 atom stereocenters. The molecule has 1 aliphatic carbocycles. The molecule has 0 saturated carbocycles. The molecular weight excluding hydrogens is 180 g/mol. The van der Waals surface area contributed by atoms with Crippen molar-refractivity contribution in [3.8, 4) is 0 Å². The Bertz CT molecular complexity index is 276. The maximum absolute atomic E-state index is 4.16. The van der Waals surface area contributed by atoms with Gasteiger partial charge in [-0.15, -0.1) is 0 Å². The molecule has 0 amide bonds. The lowest BCUT2D eigenvalue weighted by atomic mass is 9.92. The molecule has 1 aliphatic rings. The first-order chi connectivity index (χ1) is 7.09. The fourth-order valence-corrected chi connectivity index (χ4v) is 1.96. The van der Waals surface area contributed by atoms with E-state index in [1.165, 1.54) is 43.3 Å². The van der Waals surface area contributed by atoms with Crippen molar-refractivity contribution >= 4 is 0 Å². The van der Waals surface area contributed by atoms with Gasteiger partial charge >= 0.3 is 0 Å². The average Bonchev–Trinajstić information content (AvgIpc) is 2.16.